The number of hydrogen-bond donors (Lipinski definition) is 5. The number of alkyl carbamates (subject to hydrolysis) is 1. The van der Waals surface area contributed by atoms with Gasteiger partial charge in [0.15, 0.2) is 5.66 Å². The summed E-state index contributed by atoms with van der Waals surface area (Å²) in [5, 5.41) is 16.0. The molecule has 0 aliphatic heterocycles. The number of ether oxygens (including phenoxy) is 1. The van der Waals surface area contributed by atoms with Crippen LogP contribution in [-0.2, 0) is 32.1 Å². The maximum atomic E-state index is 13.2. The van der Waals surface area contributed by atoms with Gasteiger partial charge in [-0.3, -0.25) is 15.3 Å². The lowest BCUT2D eigenvalue weighted by molar-refractivity contribution is -0.153. The first kappa shape index (κ1) is 29.4. The van der Waals surface area contributed by atoms with Crippen LogP contribution in [0.1, 0.15) is 50.7 Å². The molecule has 3 rings (SSSR count). The molecule has 10 nitrogen and oxygen atoms in total. The highest BCUT2D eigenvalue weighted by Gasteiger charge is 2.47. The number of carboxylic acids is 1. The van der Waals surface area contributed by atoms with E-state index in [0.717, 1.165) is 22.9 Å². The average Bonchev–Trinajstić information content (AvgIpc) is 3.32. The Morgan fingerprint density at radius 1 is 1.08 bits per heavy atom. The Bertz CT molecular complexity index is 1290. The first-order valence-corrected chi connectivity index (χ1v) is 13.0. The third kappa shape index (κ3) is 7.90. The van der Waals surface area contributed by atoms with Crippen molar-refractivity contribution in [2.24, 2.45) is 11.7 Å². The zero-order chi connectivity index (χ0) is 28.4. The molecule has 0 saturated heterocycles. The second kappa shape index (κ2) is 13.6. The Kier molecular flexibility index (Phi) is 10.2. The van der Waals surface area contributed by atoms with E-state index < -0.39 is 41.4 Å². The molecular weight excluding hydrogens is 500 g/mol. The SMILES string of the molecule is CCCCC(=O)C(CC(C)NC(=O)OCc1ccccc1)C(N)(NC(=O)Cc1c[nH]c2ccccc12)C(=O)O. The van der Waals surface area contributed by atoms with Crippen LogP contribution in [0.15, 0.2) is 60.8 Å². The molecule has 1 aromatic heterocycles. The fourth-order valence-electron chi connectivity index (χ4n) is 4.49. The molecule has 6 N–H and O–H groups in total. The van der Waals surface area contributed by atoms with E-state index in [1.54, 1.807) is 13.1 Å². The van der Waals surface area contributed by atoms with Crippen LogP contribution < -0.4 is 16.4 Å². The van der Waals surface area contributed by atoms with Gasteiger partial charge in [-0.05, 0) is 37.0 Å². The number of Topliss-reactive ketones (excluding diaryl/α,β-unsaturated/α-hetero) is 1. The quantitative estimate of drug-likeness (QED) is 0.196. The number of hydrogen-bond acceptors (Lipinski definition) is 6. The van der Waals surface area contributed by atoms with Crippen LogP contribution in [0.2, 0.25) is 0 Å². The number of unbranched alkanes of at least 4 members (excludes halogenated alkanes) is 1. The Morgan fingerprint density at radius 3 is 2.46 bits per heavy atom. The average molecular weight is 537 g/mol. The summed E-state index contributed by atoms with van der Waals surface area (Å²) in [6, 6.07) is 15.9. The third-order valence-electron chi connectivity index (χ3n) is 6.61. The van der Waals surface area contributed by atoms with Crippen molar-refractivity contribution in [2.75, 3.05) is 0 Å². The molecule has 0 aliphatic carbocycles. The number of amides is 2. The molecule has 0 bridgehead atoms. The Hall–Kier alpha value is -4.18. The minimum atomic E-state index is -2.38. The van der Waals surface area contributed by atoms with Gasteiger partial charge in [0.1, 0.15) is 12.4 Å². The number of para-hydroxylation sites is 1. The molecule has 3 aromatic rings. The normalized spacial score (nSPS) is 14.1. The second-order valence-corrected chi connectivity index (χ2v) is 9.72. The molecule has 39 heavy (non-hydrogen) atoms. The highest BCUT2D eigenvalue weighted by molar-refractivity contribution is 5.95. The maximum Gasteiger partial charge on any atom is 0.407 e. The fourth-order valence-corrected chi connectivity index (χ4v) is 4.49. The minimum absolute atomic E-state index is 0.0537. The van der Waals surface area contributed by atoms with Gasteiger partial charge < -0.3 is 25.5 Å². The molecule has 0 spiro atoms. The number of nitrogens with two attached hydrogens (primary N) is 1. The van der Waals surface area contributed by atoms with E-state index in [-0.39, 0.29) is 25.9 Å². The first-order valence-electron chi connectivity index (χ1n) is 13.0. The number of carboxylic acid groups (broad SMARTS) is 1. The molecule has 0 fully saturated rings. The van der Waals surface area contributed by atoms with Gasteiger partial charge in [0, 0.05) is 29.6 Å². The van der Waals surface area contributed by atoms with Gasteiger partial charge in [-0.15, -0.1) is 0 Å². The Balaban J connectivity index is 1.73. The standard InChI is InChI=1S/C29H36N4O6/c1-3-4-14-25(34)23(15-19(2)32-28(38)39-18-20-10-6-5-7-11-20)29(30,27(36)37)33-26(35)16-21-17-31-24-13-9-8-12-22(21)24/h5-13,17,19,23,31H,3-4,14-16,18,30H2,1-2H3,(H,32,38)(H,33,35)(H,36,37). The fraction of sp³-hybridized carbons (Fsp3) is 0.379. The summed E-state index contributed by atoms with van der Waals surface area (Å²) in [7, 11) is 0. The minimum Gasteiger partial charge on any atom is -0.478 e. The molecule has 3 atom stereocenters. The van der Waals surface area contributed by atoms with E-state index in [1.165, 1.54) is 0 Å². The van der Waals surface area contributed by atoms with E-state index in [0.29, 0.717) is 12.0 Å². The lowest BCUT2D eigenvalue weighted by Gasteiger charge is -2.35. The largest absolute Gasteiger partial charge is 0.478 e. The smallest absolute Gasteiger partial charge is 0.407 e. The number of ketones is 1. The summed E-state index contributed by atoms with van der Waals surface area (Å²) >= 11 is 0. The van der Waals surface area contributed by atoms with Crippen LogP contribution in [0.4, 0.5) is 4.79 Å². The van der Waals surface area contributed by atoms with Crippen LogP contribution in [0.25, 0.3) is 10.9 Å². The van der Waals surface area contributed by atoms with E-state index in [9.17, 15) is 24.3 Å². The highest BCUT2D eigenvalue weighted by atomic mass is 16.5. The number of nitrogens with one attached hydrogen (secondary N) is 3. The monoisotopic (exact) mass is 536 g/mol. The van der Waals surface area contributed by atoms with E-state index in [4.69, 9.17) is 10.5 Å². The third-order valence-corrected chi connectivity index (χ3v) is 6.61. The number of rotatable bonds is 14. The number of aromatic nitrogens is 1. The molecule has 2 amide bonds. The van der Waals surface area contributed by atoms with Crippen LogP contribution >= 0.6 is 0 Å². The summed E-state index contributed by atoms with van der Waals surface area (Å²) in [5.41, 5.74) is 6.24. The molecule has 0 aliphatic rings. The number of H-pyrrole nitrogens is 1. The molecule has 2 aromatic carbocycles. The lowest BCUT2D eigenvalue weighted by atomic mass is 9.82. The number of aliphatic carboxylic acids is 1. The summed E-state index contributed by atoms with van der Waals surface area (Å²) in [5.74, 6) is -3.87. The molecule has 3 unspecified atom stereocenters. The van der Waals surface area contributed by atoms with Crippen LogP contribution in [0.5, 0.6) is 0 Å². The number of carbonyl (C=O) groups excluding carboxylic acids is 3. The van der Waals surface area contributed by atoms with Crippen molar-refractivity contribution in [1.29, 1.82) is 0 Å². The lowest BCUT2D eigenvalue weighted by Crippen LogP contribution is -2.68. The predicted molar refractivity (Wildman–Crippen MR) is 147 cm³/mol. The van der Waals surface area contributed by atoms with Gasteiger partial charge in [-0.1, -0.05) is 61.9 Å². The van der Waals surface area contributed by atoms with Crippen LogP contribution in [0, 0.1) is 5.92 Å². The highest BCUT2D eigenvalue weighted by Crippen LogP contribution is 2.24. The van der Waals surface area contributed by atoms with E-state index in [2.05, 4.69) is 15.6 Å². The van der Waals surface area contributed by atoms with Crippen molar-refractivity contribution in [3.05, 3.63) is 71.9 Å². The van der Waals surface area contributed by atoms with E-state index >= 15 is 0 Å². The molecule has 208 valence electrons. The number of aromatic amines is 1. The molecule has 10 heteroatoms. The molecule has 0 saturated carbocycles. The predicted octanol–water partition coefficient (Wildman–Crippen LogP) is 3.65. The summed E-state index contributed by atoms with van der Waals surface area (Å²) in [6.07, 6.45) is 2.07. The van der Waals surface area contributed by atoms with Crippen LogP contribution in [-0.4, -0.2) is 45.5 Å². The maximum absolute atomic E-state index is 13.2. The molecule has 1 heterocycles. The van der Waals surface area contributed by atoms with Gasteiger partial charge in [0.2, 0.25) is 5.91 Å². The van der Waals surface area contributed by atoms with Gasteiger partial charge in [0.25, 0.3) is 0 Å². The van der Waals surface area contributed by atoms with Crippen LogP contribution in [0.3, 0.4) is 0 Å². The van der Waals surface area contributed by atoms with Crippen molar-refractivity contribution in [3.8, 4) is 0 Å². The summed E-state index contributed by atoms with van der Waals surface area (Å²) < 4.78 is 5.24. The van der Waals surface area contributed by atoms with Crippen molar-refractivity contribution >= 4 is 34.7 Å². The molecule has 0 radical (unpaired) electrons. The van der Waals surface area contributed by atoms with Gasteiger partial charge in [-0.25, -0.2) is 9.59 Å². The molecular formula is C29H36N4O6. The number of fused-ring (bicyclic) bond motifs is 1. The van der Waals surface area contributed by atoms with Gasteiger partial charge in [0.05, 0.1) is 12.3 Å². The van der Waals surface area contributed by atoms with Crippen molar-refractivity contribution in [1.82, 2.24) is 15.6 Å². The van der Waals surface area contributed by atoms with Gasteiger partial charge in [-0.2, -0.15) is 0 Å². The number of benzene rings is 2. The first-order chi connectivity index (χ1) is 18.6. The summed E-state index contributed by atoms with van der Waals surface area (Å²) in [4.78, 5) is 54.1. The zero-order valence-corrected chi connectivity index (χ0v) is 22.2. The van der Waals surface area contributed by atoms with Gasteiger partial charge >= 0.3 is 12.1 Å². The zero-order valence-electron chi connectivity index (χ0n) is 22.2. The second-order valence-electron chi connectivity index (χ2n) is 9.72. The summed E-state index contributed by atoms with van der Waals surface area (Å²) in [6.45, 7) is 3.59. The Morgan fingerprint density at radius 2 is 1.77 bits per heavy atom. The number of carbonyl (C=O) groups is 4. The van der Waals surface area contributed by atoms with E-state index in [1.807, 2.05) is 61.5 Å². The van der Waals surface area contributed by atoms with Crippen molar-refractivity contribution in [2.45, 2.75) is 64.3 Å². The topological polar surface area (TPSA) is 164 Å². The Labute approximate surface area is 227 Å². The van der Waals surface area contributed by atoms with Crippen molar-refractivity contribution in [3.63, 3.8) is 0 Å². The van der Waals surface area contributed by atoms with Crippen molar-refractivity contribution < 1.29 is 29.0 Å².